The van der Waals surface area contributed by atoms with Gasteiger partial charge in [0.25, 0.3) is 5.69 Å². The van der Waals surface area contributed by atoms with Crippen LogP contribution in [0.1, 0.15) is 39.5 Å². The van der Waals surface area contributed by atoms with Crippen LogP contribution in [0.4, 0.5) is 11.4 Å². The Morgan fingerprint density at radius 3 is 2.68 bits per heavy atom. The molecule has 1 aliphatic carbocycles. The van der Waals surface area contributed by atoms with E-state index in [0.29, 0.717) is 12.4 Å². The minimum absolute atomic E-state index is 0.0667. The molecule has 0 heterocycles. The fourth-order valence-corrected chi connectivity index (χ4v) is 2.24. The largest absolute Gasteiger partial charge is 0.493 e. The van der Waals surface area contributed by atoms with Gasteiger partial charge in [-0.05, 0) is 32.6 Å². The molecule has 104 valence electrons. The second-order valence-electron chi connectivity index (χ2n) is 5.36. The molecule has 0 radical (unpaired) electrons. The lowest BCUT2D eigenvalue weighted by Gasteiger charge is -2.40. The molecule has 1 saturated carbocycles. The molecule has 0 unspecified atom stereocenters. The van der Waals surface area contributed by atoms with E-state index in [1.807, 2.05) is 13.0 Å². The molecular weight excluding hydrogens is 244 g/mol. The van der Waals surface area contributed by atoms with Crippen LogP contribution in [-0.2, 0) is 0 Å². The van der Waals surface area contributed by atoms with E-state index < -0.39 is 0 Å². The molecule has 5 heteroatoms. The van der Waals surface area contributed by atoms with Gasteiger partial charge >= 0.3 is 0 Å². The summed E-state index contributed by atoms with van der Waals surface area (Å²) in [5.74, 6) is 0.557. The van der Waals surface area contributed by atoms with Crippen LogP contribution < -0.4 is 10.1 Å². The number of nitro benzene ring substituents is 1. The highest BCUT2D eigenvalue weighted by Crippen LogP contribution is 2.36. The number of non-ortho nitro benzene ring substituents is 1. The first kappa shape index (κ1) is 13.6. The molecule has 2 rings (SSSR count). The third kappa shape index (κ3) is 3.36. The Labute approximate surface area is 113 Å². The van der Waals surface area contributed by atoms with Crippen molar-refractivity contribution < 1.29 is 9.66 Å². The van der Waals surface area contributed by atoms with E-state index in [-0.39, 0.29) is 16.1 Å². The minimum atomic E-state index is -0.382. The Kier molecular flexibility index (Phi) is 3.93. The number of benzene rings is 1. The van der Waals surface area contributed by atoms with E-state index in [1.165, 1.54) is 12.5 Å². The molecule has 0 aromatic heterocycles. The smallest absolute Gasteiger partial charge is 0.275 e. The van der Waals surface area contributed by atoms with Crippen LogP contribution >= 0.6 is 0 Å². The maximum atomic E-state index is 11.0. The van der Waals surface area contributed by atoms with Gasteiger partial charge in [-0.15, -0.1) is 0 Å². The molecular formula is C14H20N2O3. The highest BCUT2D eigenvalue weighted by molar-refractivity contribution is 5.57. The van der Waals surface area contributed by atoms with Crippen molar-refractivity contribution in [1.82, 2.24) is 0 Å². The van der Waals surface area contributed by atoms with Crippen molar-refractivity contribution in [2.45, 2.75) is 45.1 Å². The number of nitro groups is 1. The molecule has 19 heavy (non-hydrogen) atoms. The summed E-state index contributed by atoms with van der Waals surface area (Å²) in [5, 5.41) is 14.3. The molecule has 0 aliphatic heterocycles. The van der Waals surface area contributed by atoms with E-state index in [2.05, 4.69) is 12.2 Å². The maximum absolute atomic E-state index is 11.0. The Balaban J connectivity index is 2.20. The fourth-order valence-electron chi connectivity index (χ4n) is 2.24. The minimum Gasteiger partial charge on any atom is -0.493 e. The van der Waals surface area contributed by atoms with Gasteiger partial charge in [0.05, 0.1) is 17.6 Å². The van der Waals surface area contributed by atoms with Crippen LogP contribution in [0.2, 0.25) is 0 Å². The highest BCUT2D eigenvalue weighted by atomic mass is 16.6. The van der Waals surface area contributed by atoms with Crippen molar-refractivity contribution in [3.8, 4) is 5.75 Å². The van der Waals surface area contributed by atoms with Gasteiger partial charge in [0, 0.05) is 23.4 Å². The summed E-state index contributed by atoms with van der Waals surface area (Å²) >= 11 is 0. The number of ether oxygens (including phenoxy) is 1. The number of nitrogens with one attached hydrogen (secondary N) is 1. The lowest BCUT2D eigenvalue weighted by Crippen LogP contribution is -2.41. The van der Waals surface area contributed by atoms with Crippen molar-refractivity contribution in [2.75, 3.05) is 11.9 Å². The second kappa shape index (κ2) is 5.47. The van der Waals surface area contributed by atoms with E-state index in [1.54, 1.807) is 6.07 Å². The number of hydrogen-bond acceptors (Lipinski definition) is 4. The van der Waals surface area contributed by atoms with Crippen molar-refractivity contribution in [3.05, 3.63) is 28.3 Å². The summed E-state index contributed by atoms with van der Waals surface area (Å²) in [4.78, 5) is 10.6. The predicted molar refractivity (Wildman–Crippen MR) is 74.8 cm³/mol. The normalized spacial score (nSPS) is 16.5. The molecule has 5 nitrogen and oxygen atoms in total. The molecule has 1 fully saturated rings. The van der Waals surface area contributed by atoms with Crippen molar-refractivity contribution >= 4 is 11.4 Å². The molecule has 0 saturated heterocycles. The average Bonchev–Trinajstić information content (AvgIpc) is 2.34. The predicted octanol–water partition coefficient (Wildman–Crippen LogP) is 3.74. The SMILES string of the molecule is CCCOc1cc(NC2(C)CCC2)cc([N+](=O)[O-])c1. The topological polar surface area (TPSA) is 64.4 Å². The van der Waals surface area contributed by atoms with Gasteiger partial charge in [0.15, 0.2) is 0 Å². The van der Waals surface area contributed by atoms with Crippen LogP contribution in [0.3, 0.4) is 0 Å². The summed E-state index contributed by atoms with van der Waals surface area (Å²) < 4.78 is 5.51. The van der Waals surface area contributed by atoms with Gasteiger partial charge in [0.2, 0.25) is 0 Å². The molecule has 1 N–H and O–H groups in total. The second-order valence-corrected chi connectivity index (χ2v) is 5.36. The summed E-state index contributed by atoms with van der Waals surface area (Å²) in [6.07, 6.45) is 4.28. The van der Waals surface area contributed by atoms with Gasteiger partial charge in [0.1, 0.15) is 5.75 Å². The van der Waals surface area contributed by atoms with Gasteiger partial charge in [-0.25, -0.2) is 0 Å². The molecule has 0 spiro atoms. The third-order valence-corrected chi connectivity index (χ3v) is 3.48. The Morgan fingerprint density at radius 1 is 1.42 bits per heavy atom. The van der Waals surface area contributed by atoms with Crippen molar-refractivity contribution in [2.24, 2.45) is 0 Å². The summed E-state index contributed by atoms with van der Waals surface area (Å²) in [5.41, 5.74) is 0.901. The number of hydrogen-bond donors (Lipinski definition) is 1. The van der Waals surface area contributed by atoms with E-state index >= 15 is 0 Å². The maximum Gasteiger partial charge on any atom is 0.275 e. The van der Waals surface area contributed by atoms with Crippen LogP contribution in [0.15, 0.2) is 18.2 Å². The molecule has 0 amide bonds. The zero-order valence-corrected chi connectivity index (χ0v) is 11.4. The van der Waals surface area contributed by atoms with E-state index in [4.69, 9.17) is 4.74 Å². The Bertz CT molecular complexity index is 470. The van der Waals surface area contributed by atoms with Gasteiger partial charge in [-0.1, -0.05) is 6.92 Å². The van der Waals surface area contributed by atoms with Crippen LogP contribution in [0, 0.1) is 10.1 Å². The lowest BCUT2D eigenvalue weighted by atomic mass is 9.78. The quantitative estimate of drug-likeness (QED) is 0.628. The van der Waals surface area contributed by atoms with Gasteiger partial charge in [-0.2, -0.15) is 0 Å². The zero-order chi connectivity index (χ0) is 13.9. The summed E-state index contributed by atoms with van der Waals surface area (Å²) in [7, 11) is 0. The summed E-state index contributed by atoms with van der Waals surface area (Å²) in [6.45, 7) is 4.71. The molecule has 1 aromatic carbocycles. The number of nitrogens with zero attached hydrogens (tertiary/aromatic N) is 1. The first-order chi connectivity index (χ1) is 9.02. The third-order valence-electron chi connectivity index (χ3n) is 3.48. The van der Waals surface area contributed by atoms with Crippen LogP contribution in [0.5, 0.6) is 5.75 Å². The zero-order valence-electron chi connectivity index (χ0n) is 11.4. The molecule has 0 bridgehead atoms. The number of anilines is 1. The van der Waals surface area contributed by atoms with Crippen LogP contribution in [-0.4, -0.2) is 17.1 Å². The Hall–Kier alpha value is -1.78. The van der Waals surface area contributed by atoms with Crippen molar-refractivity contribution in [3.63, 3.8) is 0 Å². The van der Waals surface area contributed by atoms with E-state index in [0.717, 1.165) is 24.9 Å². The van der Waals surface area contributed by atoms with E-state index in [9.17, 15) is 10.1 Å². The first-order valence-electron chi connectivity index (χ1n) is 6.73. The summed E-state index contributed by atoms with van der Waals surface area (Å²) in [6, 6.07) is 4.89. The first-order valence-corrected chi connectivity index (χ1v) is 6.73. The van der Waals surface area contributed by atoms with Gasteiger partial charge < -0.3 is 10.1 Å². The Morgan fingerprint density at radius 2 is 2.16 bits per heavy atom. The molecule has 1 aromatic rings. The van der Waals surface area contributed by atoms with Crippen LogP contribution in [0.25, 0.3) is 0 Å². The highest BCUT2D eigenvalue weighted by Gasteiger charge is 2.31. The monoisotopic (exact) mass is 264 g/mol. The molecule has 1 aliphatic rings. The fraction of sp³-hybridized carbons (Fsp3) is 0.571. The standard InChI is InChI=1S/C14H20N2O3/c1-3-7-19-13-9-11(8-12(10-13)16(17)18)15-14(2)5-4-6-14/h8-10,15H,3-7H2,1-2H3. The lowest BCUT2D eigenvalue weighted by molar-refractivity contribution is -0.384. The number of rotatable bonds is 6. The average molecular weight is 264 g/mol. The van der Waals surface area contributed by atoms with Gasteiger partial charge in [-0.3, -0.25) is 10.1 Å². The van der Waals surface area contributed by atoms with Crippen molar-refractivity contribution in [1.29, 1.82) is 0 Å². The molecule has 0 atom stereocenters.